The second-order valence-corrected chi connectivity index (χ2v) is 8.33. The van der Waals surface area contributed by atoms with Gasteiger partial charge in [-0.25, -0.2) is 18.6 Å². The summed E-state index contributed by atoms with van der Waals surface area (Å²) in [4.78, 5) is 16.1. The second kappa shape index (κ2) is 9.20. The minimum Gasteiger partial charge on any atom is -0.476 e. The number of imidazole rings is 1. The molecule has 1 aromatic heterocycles. The van der Waals surface area contributed by atoms with Crippen LogP contribution in [0.2, 0.25) is 5.02 Å². The highest BCUT2D eigenvalue weighted by Gasteiger charge is 2.32. The van der Waals surface area contributed by atoms with E-state index in [0.717, 1.165) is 0 Å². The Morgan fingerprint density at radius 1 is 1.45 bits per heavy atom. The van der Waals surface area contributed by atoms with E-state index in [-0.39, 0.29) is 22.5 Å². The van der Waals surface area contributed by atoms with Crippen LogP contribution in [0.1, 0.15) is 42.1 Å². The Kier molecular flexibility index (Phi) is 6.82. The van der Waals surface area contributed by atoms with Crippen molar-refractivity contribution >= 4 is 39.2 Å². The number of benzene rings is 1. The first-order chi connectivity index (χ1) is 14.6. The van der Waals surface area contributed by atoms with E-state index in [1.54, 1.807) is 10.6 Å². The predicted molar refractivity (Wildman–Crippen MR) is 116 cm³/mol. The molecule has 3 unspecified atom stereocenters. The minimum atomic E-state index is -1.57. The molecule has 0 radical (unpaired) electrons. The molecular formula is C21H18BrClF2N4O2. The summed E-state index contributed by atoms with van der Waals surface area (Å²) in [6.45, 7) is 3.70. The Balaban J connectivity index is 2.20. The van der Waals surface area contributed by atoms with Crippen LogP contribution in [0.4, 0.5) is 14.5 Å². The van der Waals surface area contributed by atoms with Crippen LogP contribution in [-0.2, 0) is 0 Å². The van der Waals surface area contributed by atoms with Gasteiger partial charge in [0.05, 0.1) is 28.7 Å². The van der Waals surface area contributed by atoms with E-state index < -0.39 is 29.9 Å². The van der Waals surface area contributed by atoms with Crippen LogP contribution in [0.25, 0.3) is 0 Å². The van der Waals surface area contributed by atoms with Crippen molar-refractivity contribution in [2.24, 2.45) is 5.92 Å². The van der Waals surface area contributed by atoms with Gasteiger partial charge in [0.15, 0.2) is 10.4 Å². The van der Waals surface area contributed by atoms with Gasteiger partial charge in [-0.2, -0.15) is 5.26 Å². The Bertz CT molecular complexity index is 1120. The van der Waals surface area contributed by atoms with Crippen molar-refractivity contribution < 1.29 is 18.7 Å². The van der Waals surface area contributed by atoms with E-state index in [1.165, 1.54) is 30.4 Å². The average Bonchev–Trinajstić information content (AvgIpc) is 3.06. The maximum atomic E-state index is 14.6. The van der Waals surface area contributed by atoms with E-state index in [4.69, 9.17) is 16.9 Å². The van der Waals surface area contributed by atoms with Crippen molar-refractivity contribution in [2.45, 2.75) is 32.1 Å². The Hall–Kier alpha value is -2.70. The van der Waals surface area contributed by atoms with E-state index in [9.17, 15) is 18.7 Å². The van der Waals surface area contributed by atoms with E-state index in [0.29, 0.717) is 16.0 Å². The van der Waals surface area contributed by atoms with E-state index in [1.807, 2.05) is 19.9 Å². The molecule has 3 rings (SSSR count). The third kappa shape index (κ3) is 4.65. The van der Waals surface area contributed by atoms with Crippen LogP contribution in [0, 0.1) is 23.1 Å². The summed E-state index contributed by atoms with van der Waals surface area (Å²) in [5.74, 6) is -2.81. The number of carboxylic acid groups (broad SMARTS) is 1. The number of nitrogens with zero attached hydrogens (tertiary/aromatic N) is 3. The van der Waals surface area contributed by atoms with Crippen LogP contribution in [0.3, 0.4) is 0 Å². The fourth-order valence-electron chi connectivity index (χ4n) is 3.37. The van der Waals surface area contributed by atoms with Gasteiger partial charge in [-0.05, 0) is 59.6 Å². The molecule has 0 aliphatic heterocycles. The Morgan fingerprint density at radius 2 is 2.16 bits per heavy atom. The summed E-state index contributed by atoms with van der Waals surface area (Å²) in [6, 6.07) is 4.78. The fourth-order valence-corrected chi connectivity index (χ4v) is 4.33. The molecule has 2 aromatic rings. The number of aromatic nitrogens is 2. The molecule has 10 heteroatoms. The minimum absolute atomic E-state index is 0.123. The monoisotopic (exact) mass is 510 g/mol. The quantitative estimate of drug-likeness (QED) is 0.508. The lowest BCUT2D eigenvalue weighted by atomic mass is 9.90. The molecule has 0 saturated heterocycles. The lowest BCUT2D eigenvalue weighted by Gasteiger charge is -2.27. The molecule has 0 amide bonds. The van der Waals surface area contributed by atoms with Gasteiger partial charge in [0.25, 0.3) is 0 Å². The number of rotatable bonds is 6. The average molecular weight is 512 g/mol. The summed E-state index contributed by atoms with van der Waals surface area (Å²) < 4.78 is 30.2. The first-order valence-corrected chi connectivity index (χ1v) is 10.5. The molecule has 31 heavy (non-hydrogen) atoms. The van der Waals surface area contributed by atoms with Crippen molar-refractivity contribution in [3.05, 3.63) is 69.0 Å². The third-order valence-corrected chi connectivity index (χ3v) is 5.65. The molecule has 0 bridgehead atoms. The molecule has 1 aliphatic carbocycles. The number of hydrogen-bond acceptors (Lipinski definition) is 4. The lowest BCUT2D eigenvalue weighted by molar-refractivity contribution is 0.0689. The topological polar surface area (TPSA) is 90.9 Å². The van der Waals surface area contributed by atoms with Crippen molar-refractivity contribution in [1.29, 1.82) is 5.26 Å². The molecule has 1 heterocycles. The van der Waals surface area contributed by atoms with Gasteiger partial charge in [-0.1, -0.05) is 23.8 Å². The number of nitrogens with one attached hydrogen (secondary N) is 1. The number of hydrogen-bond donors (Lipinski definition) is 2. The number of halogens is 4. The summed E-state index contributed by atoms with van der Waals surface area (Å²) in [7, 11) is 0. The molecule has 1 aromatic carbocycles. The van der Waals surface area contributed by atoms with Gasteiger partial charge in [-0.3, -0.25) is 0 Å². The summed E-state index contributed by atoms with van der Waals surface area (Å²) in [5, 5.41) is 21.9. The van der Waals surface area contributed by atoms with Gasteiger partial charge in [0.1, 0.15) is 12.0 Å². The van der Waals surface area contributed by atoms with Crippen molar-refractivity contribution in [1.82, 2.24) is 9.55 Å². The molecule has 0 fully saturated rings. The van der Waals surface area contributed by atoms with Gasteiger partial charge in [-0.15, -0.1) is 0 Å². The Morgan fingerprint density at radius 3 is 2.71 bits per heavy atom. The smallest absolute Gasteiger partial charge is 0.356 e. The van der Waals surface area contributed by atoms with E-state index in [2.05, 4.69) is 26.2 Å². The van der Waals surface area contributed by atoms with Crippen molar-refractivity contribution in [3.8, 4) is 6.07 Å². The SMILES string of the molecule is CC(C)n1c(Br)nc(C(=O)O)c1C(Nc1ccc(F)c(Cl)c1)C1=CC(F)C(C#N)C=C1. The molecule has 2 N–H and O–H groups in total. The fraction of sp³-hybridized carbons (Fsp3) is 0.286. The van der Waals surface area contributed by atoms with Crippen LogP contribution >= 0.6 is 27.5 Å². The zero-order chi connectivity index (χ0) is 22.9. The van der Waals surface area contributed by atoms with Crippen molar-refractivity contribution in [2.75, 3.05) is 5.32 Å². The largest absolute Gasteiger partial charge is 0.476 e. The molecular weight excluding hydrogens is 494 g/mol. The Labute approximate surface area is 191 Å². The molecule has 162 valence electrons. The highest BCUT2D eigenvalue weighted by molar-refractivity contribution is 9.10. The molecule has 1 aliphatic rings. The number of aromatic carboxylic acids is 1. The highest BCUT2D eigenvalue weighted by atomic mass is 79.9. The number of allylic oxidation sites excluding steroid dienone is 2. The summed E-state index contributed by atoms with van der Waals surface area (Å²) in [5.41, 5.74) is 0.843. The number of anilines is 1. The number of carboxylic acids is 1. The normalized spacial score (nSPS) is 19.1. The van der Waals surface area contributed by atoms with Gasteiger partial charge < -0.3 is 15.0 Å². The van der Waals surface area contributed by atoms with Crippen LogP contribution in [-0.4, -0.2) is 26.8 Å². The molecule has 0 spiro atoms. The van der Waals surface area contributed by atoms with Gasteiger partial charge >= 0.3 is 5.97 Å². The maximum absolute atomic E-state index is 14.6. The molecule has 6 nitrogen and oxygen atoms in total. The van der Waals surface area contributed by atoms with Gasteiger partial charge in [0.2, 0.25) is 0 Å². The van der Waals surface area contributed by atoms with Gasteiger partial charge in [0, 0.05) is 11.7 Å². The van der Waals surface area contributed by atoms with E-state index >= 15 is 0 Å². The summed E-state index contributed by atoms with van der Waals surface area (Å²) in [6.07, 6.45) is 2.70. The number of nitriles is 1. The standard InChI is InChI=1S/C21H18BrClF2N4O2/c1-10(2)29-19(18(20(30)31)28-21(29)22)17(11-3-4-12(9-26)16(25)7-11)27-13-5-6-15(24)14(23)8-13/h3-8,10,12,16-17,27H,1-2H3,(H,30,31). The number of carbonyl (C=O) groups is 1. The van der Waals surface area contributed by atoms with Crippen LogP contribution < -0.4 is 5.32 Å². The highest BCUT2D eigenvalue weighted by Crippen LogP contribution is 2.37. The van der Waals surface area contributed by atoms with Crippen LogP contribution in [0.15, 0.2) is 46.7 Å². The number of alkyl halides is 1. The predicted octanol–water partition coefficient (Wildman–Crippen LogP) is 5.84. The molecule has 3 atom stereocenters. The maximum Gasteiger partial charge on any atom is 0.356 e. The van der Waals surface area contributed by atoms with Crippen molar-refractivity contribution in [3.63, 3.8) is 0 Å². The zero-order valence-electron chi connectivity index (χ0n) is 16.5. The first kappa shape index (κ1) is 23.0. The summed E-state index contributed by atoms with van der Waals surface area (Å²) >= 11 is 9.20. The lowest BCUT2D eigenvalue weighted by Crippen LogP contribution is -2.24. The second-order valence-electron chi connectivity index (χ2n) is 7.21. The third-order valence-electron chi connectivity index (χ3n) is 4.80. The molecule has 0 saturated carbocycles. The first-order valence-electron chi connectivity index (χ1n) is 9.30. The van der Waals surface area contributed by atoms with Crippen LogP contribution in [0.5, 0.6) is 0 Å². The zero-order valence-corrected chi connectivity index (χ0v) is 18.8.